The number of carboxylic acids is 1. The summed E-state index contributed by atoms with van der Waals surface area (Å²) in [6.45, 7) is 3.58. The molecule has 6 nitrogen and oxygen atoms in total. The zero-order valence-corrected chi connectivity index (χ0v) is 10.6. The van der Waals surface area contributed by atoms with E-state index < -0.39 is 24.0 Å². The molecular weight excluding hydrogens is 238 g/mol. The first-order chi connectivity index (χ1) is 8.47. The minimum atomic E-state index is -1.10. The van der Waals surface area contributed by atoms with Crippen molar-refractivity contribution < 1.29 is 24.2 Å². The van der Waals surface area contributed by atoms with E-state index in [4.69, 9.17) is 9.84 Å². The van der Waals surface area contributed by atoms with Crippen LogP contribution in [0.3, 0.4) is 0 Å². The third kappa shape index (κ3) is 3.45. The van der Waals surface area contributed by atoms with E-state index in [9.17, 15) is 14.4 Å². The van der Waals surface area contributed by atoms with Crippen molar-refractivity contribution >= 4 is 17.8 Å². The van der Waals surface area contributed by atoms with Crippen molar-refractivity contribution in [3.05, 3.63) is 0 Å². The maximum absolute atomic E-state index is 11.5. The van der Waals surface area contributed by atoms with Gasteiger partial charge in [-0.1, -0.05) is 19.8 Å². The molecule has 1 amide bonds. The number of hydrogen-bond donors (Lipinski definition) is 2. The van der Waals surface area contributed by atoms with Crippen LogP contribution in [0.5, 0.6) is 0 Å². The van der Waals surface area contributed by atoms with Crippen molar-refractivity contribution in [2.45, 2.75) is 51.7 Å². The highest BCUT2D eigenvalue weighted by Gasteiger charge is 2.48. The van der Waals surface area contributed by atoms with Crippen LogP contribution in [-0.2, 0) is 19.1 Å². The summed E-state index contributed by atoms with van der Waals surface area (Å²) >= 11 is 0. The molecule has 0 spiro atoms. The Morgan fingerprint density at radius 2 is 2.11 bits per heavy atom. The molecule has 0 saturated carbocycles. The highest BCUT2D eigenvalue weighted by Crippen LogP contribution is 2.22. The van der Waals surface area contributed by atoms with Crippen molar-refractivity contribution in [1.82, 2.24) is 5.32 Å². The van der Waals surface area contributed by atoms with Gasteiger partial charge in [-0.15, -0.1) is 0 Å². The number of esters is 1. The summed E-state index contributed by atoms with van der Waals surface area (Å²) in [4.78, 5) is 33.5. The van der Waals surface area contributed by atoms with Gasteiger partial charge in [0.15, 0.2) is 0 Å². The molecule has 0 radical (unpaired) electrons. The molecule has 1 heterocycles. The number of carboxylic acid groups (broad SMARTS) is 1. The van der Waals surface area contributed by atoms with Gasteiger partial charge in [0, 0.05) is 6.42 Å². The van der Waals surface area contributed by atoms with Gasteiger partial charge in [-0.2, -0.15) is 0 Å². The Hall–Kier alpha value is -1.59. The van der Waals surface area contributed by atoms with Crippen LogP contribution in [0, 0.1) is 5.92 Å². The van der Waals surface area contributed by atoms with Crippen LogP contribution >= 0.6 is 0 Å². The first-order valence-corrected chi connectivity index (χ1v) is 6.20. The van der Waals surface area contributed by atoms with E-state index >= 15 is 0 Å². The fourth-order valence-electron chi connectivity index (χ4n) is 1.95. The maximum atomic E-state index is 11.5. The van der Waals surface area contributed by atoms with Crippen LogP contribution in [0.4, 0.5) is 0 Å². The summed E-state index contributed by atoms with van der Waals surface area (Å²) in [5, 5.41) is 11.1. The SMILES string of the molecule is CCCCCC(=O)O[C@H](C)[C@H]1C(=O)N[C@H]1C(=O)O. The van der Waals surface area contributed by atoms with Gasteiger partial charge >= 0.3 is 11.9 Å². The molecule has 0 unspecified atom stereocenters. The number of ether oxygens (including phenoxy) is 1. The van der Waals surface area contributed by atoms with Gasteiger partial charge in [0.05, 0.1) is 0 Å². The molecule has 1 aliphatic heterocycles. The number of carbonyl (C=O) groups excluding carboxylic acids is 2. The zero-order valence-electron chi connectivity index (χ0n) is 10.6. The summed E-state index contributed by atoms with van der Waals surface area (Å²) in [6.07, 6.45) is 2.32. The average molecular weight is 257 g/mol. The monoisotopic (exact) mass is 257 g/mol. The summed E-state index contributed by atoms with van der Waals surface area (Å²) in [6, 6.07) is -0.948. The zero-order chi connectivity index (χ0) is 13.7. The lowest BCUT2D eigenvalue weighted by atomic mass is 9.86. The van der Waals surface area contributed by atoms with Crippen molar-refractivity contribution in [3.63, 3.8) is 0 Å². The fraction of sp³-hybridized carbons (Fsp3) is 0.750. The second-order valence-electron chi connectivity index (χ2n) is 4.50. The van der Waals surface area contributed by atoms with Crippen LogP contribution in [-0.4, -0.2) is 35.1 Å². The molecule has 0 bridgehead atoms. The number of amides is 1. The maximum Gasteiger partial charge on any atom is 0.327 e. The standard InChI is InChI=1S/C12H19NO5/c1-3-4-5-6-8(14)18-7(2)9-10(12(16)17)13-11(9)15/h7,9-10H,3-6H2,1-2H3,(H,13,15)(H,16,17)/t7-,9-,10-/m1/s1. The molecule has 18 heavy (non-hydrogen) atoms. The Bertz CT molecular complexity index is 341. The van der Waals surface area contributed by atoms with E-state index in [0.717, 1.165) is 19.3 Å². The summed E-state index contributed by atoms with van der Waals surface area (Å²) in [7, 11) is 0. The number of rotatable bonds is 7. The lowest BCUT2D eigenvalue weighted by Gasteiger charge is -2.36. The predicted molar refractivity (Wildman–Crippen MR) is 62.8 cm³/mol. The van der Waals surface area contributed by atoms with Gasteiger partial charge in [-0.05, 0) is 13.3 Å². The highest BCUT2D eigenvalue weighted by molar-refractivity contribution is 5.97. The topological polar surface area (TPSA) is 92.7 Å². The first-order valence-electron chi connectivity index (χ1n) is 6.20. The molecular formula is C12H19NO5. The van der Waals surface area contributed by atoms with Crippen molar-refractivity contribution in [3.8, 4) is 0 Å². The quantitative estimate of drug-likeness (QED) is 0.398. The van der Waals surface area contributed by atoms with Crippen LogP contribution in [0.1, 0.15) is 39.5 Å². The Morgan fingerprint density at radius 1 is 1.44 bits per heavy atom. The minimum Gasteiger partial charge on any atom is -0.480 e. The lowest BCUT2D eigenvalue weighted by molar-refractivity contribution is -0.166. The second-order valence-corrected chi connectivity index (χ2v) is 4.50. The number of nitrogens with one attached hydrogen (secondary N) is 1. The smallest absolute Gasteiger partial charge is 0.327 e. The van der Waals surface area contributed by atoms with Gasteiger partial charge in [0.25, 0.3) is 0 Å². The Morgan fingerprint density at radius 3 is 2.61 bits per heavy atom. The summed E-state index contributed by atoms with van der Waals surface area (Å²) < 4.78 is 5.09. The summed E-state index contributed by atoms with van der Waals surface area (Å²) in [5.74, 6) is -2.64. The summed E-state index contributed by atoms with van der Waals surface area (Å²) in [5.41, 5.74) is 0. The average Bonchev–Trinajstić information content (AvgIpc) is 2.25. The molecule has 0 aromatic heterocycles. The number of unbranched alkanes of at least 4 members (excludes halogenated alkanes) is 2. The van der Waals surface area contributed by atoms with E-state index in [1.807, 2.05) is 6.92 Å². The van der Waals surface area contributed by atoms with Crippen LogP contribution in [0.15, 0.2) is 0 Å². The van der Waals surface area contributed by atoms with E-state index in [0.29, 0.717) is 6.42 Å². The molecule has 2 N–H and O–H groups in total. The Balaban J connectivity index is 2.39. The van der Waals surface area contributed by atoms with Crippen molar-refractivity contribution in [2.24, 2.45) is 5.92 Å². The van der Waals surface area contributed by atoms with E-state index in [-0.39, 0.29) is 11.9 Å². The van der Waals surface area contributed by atoms with E-state index in [2.05, 4.69) is 5.32 Å². The Labute approximate surface area is 106 Å². The number of β-lactam (4-membered cyclic amide) rings is 1. The molecule has 0 aliphatic carbocycles. The van der Waals surface area contributed by atoms with Gasteiger partial charge in [-0.3, -0.25) is 9.59 Å². The molecule has 3 atom stereocenters. The van der Waals surface area contributed by atoms with Gasteiger partial charge < -0.3 is 15.2 Å². The minimum absolute atomic E-state index is 0.310. The van der Waals surface area contributed by atoms with Crippen LogP contribution in [0.25, 0.3) is 0 Å². The largest absolute Gasteiger partial charge is 0.480 e. The third-order valence-corrected chi connectivity index (χ3v) is 3.03. The highest BCUT2D eigenvalue weighted by atomic mass is 16.5. The van der Waals surface area contributed by atoms with Gasteiger partial charge in [-0.25, -0.2) is 4.79 Å². The van der Waals surface area contributed by atoms with Crippen LogP contribution in [0.2, 0.25) is 0 Å². The molecule has 1 aliphatic rings. The first kappa shape index (κ1) is 14.5. The molecule has 6 heteroatoms. The normalized spacial score (nSPS) is 23.8. The third-order valence-electron chi connectivity index (χ3n) is 3.03. The van der Waals surface area contributed by atoms with E-state index in [1.54, 1.807) is 6.92 Å². The number of hydrogen-bond acceptors (Lipinski definition) is 4. The number of aliphatic carboxylic acids is 1. The van der Waals surface area contributed by atoms with Crippen molar-refractivity contribution in [2.75, 3.05) is 0 Å². The van der Waals surface area contributed by atoms with Crippen LogP contribution < -0.4 is 5.32 Å². The molecule has 1 fully saturated rings. The molecule has 102 valence electrons. The number of carbonyl (C=O) groups is 3. The van der Waals surface area contributed by atoms with Gasteiger partial charge in [0.1, 0.15) is 18.1 Å². The lowest BCUT2D eigenvalue weighted by Crippen LogP contribution is -2.65. The van der Waals surface area contributed by atoms with E-state index in [1.165, 1.54) is 0 Å². The molecule has 1 saturated heterocycles. The molecule has 0 aromatic carbocycles. The molecule has 1 rings (SSSR count). The van der Waals surface area contributed by atoms with Gasteiger partial charge in [0.2, 0.25) is 5.91 Å². The predicted octanol–water partition coefficient (Wildman–Crippen LogP) is 0.698. The molecule has 0 aromatic rings. The second kappa shape index (κ2) is 6.37. The van der Waals surface area contributed by atoms with Crippen molar-refractivity contribution in [1.29, 1.82) is 0 Å². The Kier molecular flexibility index (Phi) is 5.12. The fourth-order valence-corrected chi connectivity index (χ4v) is 1.95.